The molecule has 0 aromatic rings. The van der Waals surface area contributed by atoms with Crippen molar-refractivity contribution in [3.8, 4) is 0 Å². The molecule has 25 heavy (non-hydrogen) atoms. The maximum atomic E-state index is 12.0. The number of hydrogen-bond acceptors (Lipinski definition) is 6. The van der Waals surface area contributed by atoms with Crippen molar-refractivity contribution in [3.05, 3.63) is 0 Å². The molecule has 2 aliphatic heterocycles. The summed E-state index contributed by atoms with van der Waals surface area (Å²) in [5, 5.41) is 2.84. The molecular weight excluding hydrogens is 324 g/mol. The number of amides is 1. The van der Waals surface area contributed by atoms with Crippen molar-refractivity contribution in [1.29, 1.82) is 0 Å². The van der Waals surface area contributed by atoms with Crippen molar-refractivity contribution >= 4 is 12.1 Å². The van der Waals surface area contributed by atoms with Gasteiger partial charge in [0, 0.05) is 32.8 Å². The summed E-state index contributed by atoms with van der Waals surface area (Å²) in [7, 11) is 0. The van der Waals surface area contributed by atoms with Crippen LogP contribution in [-0.4, -0.2) is 62.1 Å². The Morgan fingerprint density at radius 1 is 1.12 bits per heavy atom. The fourth-order valence-electron chi connectivity index (χ4n) is 3.07. The number of nitrogens with one attached hydrogen (secondary N) is 1. The van der Waals surface area contributed by atoms with Gasteiger partial charge in [-0.1, -0.05) is 0 Å². The predicted octanol–water partition coefficient (Wildman–Crippen LogP) is 2.15. The molecule has 0 aromatic heterocycles. The van der Waals surface area contributed by atoms with Gasteiger partial charge in [-0.05, 0) is 52.4 Å². The van der Waals surface area contributed by atoms with Crippen LogP contribution in [0.3, 0.4) is 0 Å². The molecule has 7 nitrogen and oxygen atoms in total. The molecule has 0 atom stereocenters. The van der Waals surface area contributed by atoms with Crippen LogP contribution >= 0.6 is 0 Å². The van der Waals surface area contributed by atoms with Crippen LogP contribution in [0.15, 0.2) is 0 Å². The number of alkyl carbamates (subject to hydrolysis) is 1. The van der Waals surface area contributed by atoms with Crippen molar-refractivity contribution in [2.75, 3.05) is 39.6 Å². The second-order valence-electron chi connectivity index (χ2n) is 7.92. The van der Waals surface area contributed by atoms with E-state index in [4.69, 9.17) is 14.2 Å². The summed E-state index contributed by atoms with van der Waals surface area (Å²) in [5.74, 6) is 0.330. The summed E-state index contributed by atoms with van der Waals surface area (Å²) < 4.78 is 16.0. The van der Waals surface area contributed by atoms with E-state index in [2.05, 4.69) is 10.2 Å². The van der Waals surface area contributed by atoms with Crippen molar-refractivity contribution in [3.63, 3.8) is 0 Å². The van der Waals surface area contributed by atoms with Gasteiger partial charge >= 0.3 is 12.1 Å². The average Bonchev–Trinajstić information content (AvgIpc) is 2.58. The first-order chi connectivity index (χ1) is 11.8. The molecule has 1 amide bonds. The molecule has 144 valence electrons. The number of carbonyl (C=O) groups excluding carboxylic acids is 2. The van der Waals surface area contributed by atoms with Crippen molar-refractivity contribution in [1.82, 2.24) is 10.2 Å². The highest BCUT2D eigenvalue weighted by Gasteiger charge is 2.25. The summed E-state index contributed by atoms with van der Waals surface area (Å²) in [6.45, 7) is 9.61. The van der Waals surface area contributed by atoms with Gasteiger partial charge in [-0.3, -0.25) is 9.69 Å². The van der Waals surface area contributed by atoms with Crippen LogP contribution < -0.4 is 5.32 Å². The molecule has 0 spiro atoms. The number of rotatable bonds is 5. The highest BCUT2D eigenvalue weighted by Crippen LogP contribution is 2.19. The van der Waals surface area contributed by atoms with Gasteiger partial charge in [0.1, 0.15) is 12.3 Å². The molecule has 2 saturated heterocycles. The van der Waals surface area contributed by atoms with Crippen LogP contribution in [0, 0.1) is 11.8 Å². The summed E-state index contributed by atoms with van der Waals surface area (Å²) in [6, 6.07) is 0. The van der Waals surface area contributed by atoms with Crippen LogP contribution in [0.4, 0.5) is 4.79 Å². The highest BCUT2D eigenvalue weighted by atomic mass is 16.6. The van der Waals surface area contributed by atoms with Gasteiger partial charge in [0.2, 0.25) is 0 Å². The maximum Gasteiger partial charge on any atom is 0.407 e. The fraction of sp³-hybridized carbons (Fsp3) is 0.889. The minimum absolute atomic E-state index is 0.00989. The second-order valence-corrected chi connectivity index (χ2v) is 7.92. The fourth-order valence-corrected chi connectivity index (χ4v) is 3.07. The van der Waals surface area contributed by atoms with E-state index in [0.29, 0.717) is 32.4 Å². The Labute approximate surface area is 150 Å². The summed E-state index contributed by atoms with van der Waals surface area (Å²) in [6.07, 6.45) is 3.12. The molecule has 0 unspecified atom stereocenters. The number of carbonyl (C=O) groups is 2. The first kappa shape index (κ1) is 20.0. The predicted molar refractivity (Wildman–Crippen MR) is 93.0 cm³/mol. The van der Waals surface area contributed by atoms with Gasteiger partial charge in [0.15, 0.2) is 0 Å². The molecule has 7 heteroatoms. The first-order valence-electron chi connectivity index (χ1n) is 9.27. The van der Waals surface area contributed by atoms with Gasteiger partial charge in [-0.2, -0.15) is 0 Å². The lowest BCUT2D eigenvalue weighted by Crippen LogP contribution is -2.41. The van der Waals surface area contributed by atoms with Crippen LogP contribution in [0.2, 0.25) is 0 Å². The number of esters is 1. The number of piperidine rings is 1. The van der Waals surface area contributed by atoms with Crippen molar-refractivity contribution in [2.24, 2.45) is 11.8 Å². The molecule has 0 bridgehead atoms. The lowest BCUT2D eigenvalue weighted by atomic mass is 9.97. The van der Waals surface area contributed by atoms with E-state index in [1.807, 2.05) is 20.8 Å². The third kappa shape index (κ3) is 7.61. The molecule has 2 fully saturated rings. The lowest BCUT2D eigenvalue weighted by molar-refractivity contribution is -0.157. The maximum absolute atomic E-state index is 12.0. The third-order valence-corrected chi connectivity index (χ3v) is 4.59. The molecule has 2 rings (SSSR count). The van der Waals surface area contributed by atoms with Gasteiger partial charge in [0.25, 0.3) is 0 Å². The SMILES string of the molecule is CC(C)(C)OC(=O)NCC1CCN(COC(=O)C2CCOCC2)CC1. The lowest BCUT2D eigenvalue weighted by Gasteiger charge is -2.32. The Bertz CT molecular complexity index is 435. The molecule has 2 aliphatic rings. The van der Waals surface area contributed by atoms with Crippen LogP contribution in [0.5, 0.6) is 0 Å². The number of hydrogen-bond donors (Lipinski definition) is 1. The van der Waals surface area contributed by atoms with Gasteiger partial charge in [-0.15, -0.1) is 0 Å². The van der Waals surface area contributed by atoms with Crippen LogP contribution in [-0.2, 0) is 19.0 Å². The van der Waals surface area contributed by atoms with E-state index in [1.54, 1.807) is 0 Å². The normalized spacial score (nSPS) is 20.9. The van der Waals surface area contributed by atoms with Crippen LogP contribution in [0.25, 0.3) is 0 Å². The molecule has 0 aliphatic carbocycles. The Balaban J connectivity index is 1.58. The topological polar surface area (TPSA) is 77.1 Å². The largest absolute Gasteiger partial charge is 0.449 e. The average molecular weight is 356 g/mol. The van der Waals surface area contributed by atoms with E-state index in [-0.39, 0.29) is 18.0 Å². The summed E-state index contributed by atoms with van der Waals surface area (Å²) in [5.41, 5.74) is -0.470. The Kier molecular flexibility index (Phi) is 7.50. The third-order valence-electron chi connectivity index (χ3n) is 4.59. The Morgan fingerprint density at radius 3 is 2.36 bits per heavy atom. The molecule has 0 aromatic carbocycles. The monoisotopic (exact) mass is 356 g/mol. The molecule has 2 heterocycles. The molecule has 0 saturated carbocycles. The van der Waals surface area contributed by atoms with E-state index < -0.39 is 5.60 Å². The van der Waals surface area contributed by atoms with E-state index in [0.717, 1.165) is 38.8 Å². The molecule has 1 N–H and O–H groups in total. The van der Waals surface area contributed by atoms with Crippen molar-refractivity contribution < 1.29 is 23.8 Å². The van der Waals surface area contributed by atoms with Crippen molar-refractivity contribution in [2.45, 2.75) is 52.1 Å². The Hall–Kier alpha value is -1.34. The quantitative estimate of drug-likeness (QED) is 0.761. The first-order valence-corrected chi connectivity index (χ1v) is 9.27. The zero-order chi connectivity index (χ0) is 18.3. The van der Waals surface area contributed by atoms with Crippen LogP contribution in [0.1, 0.15) is 46.5 Å². The summed E-state index contributed by atoms with van der Waals surface area (Å²) >= 11 is 0. The number of ether oxygens (including phenoxy) is 3. The van der Waals surface area contributed by atoms with Gasteiger partial charge in [0.05, 0.1) is 5.92 Å². The van der Waals surface area contributed by atoms with Gasteiger partial charge < -0.3 is 19.5 Å². The smallest absolute Gasteiger partial charge is 0.407 e. The Morgan fingerprint density at radius 2 is 1.76 bits per heavy atom. The van der Waals surface area contributed by atoms with E-state index >= 15 is 0 Å². The zero-order valence-electron chi connectivity index (χ0n) is 15.7. The summed E-state index contributed by atoms with van der Waals surface area (Å²) in [4.78, 5) is 25.9. The number of likely N-dealkylation sites (tertiary alicyclic amines) is 1. The minimum atomic E-state index is -0.470. The number of nitrogens with zero attached hydrogens (tertiary/aromatic N) is 1. The minimum Gasteiger partial charge on any atom is -0.449 e. The van der Waals surface area contributed by atoms with Gasteiger partial charge in [-0.25, -0.2) is 4.79 Å². The zero-order valence-corrected chi connectivity index (χ0v) is 15.7. The highest BCUT2D eigenvalue weighted by molar-refractivity contribution is 5.72. The second kappa shape index (κ2) is 9.38. The standard InChI is InChI=1S/C18H32N2O5/c1-18(2,3)25-17(22)19-12-14-4-8-20(9-5-14)13-24-16(21)15-6-10-23-11-7-15/h14-15H,4-13H2,1-3H3,(H,19,22). The molecular formula is C18H32N2O5. The van der Waals surface area contributed by atoms with E-state index in [9.17, 15) is 9.59 Å². The molecule has 0 radical (unpaired) electrons. The van der Waals surface area contributed by atoms with E-state index in [1.165, 1.54) is 0 Å².